The molecule has 2 unspecified atom stereocenters. The number of esters is 2. The zero-order valence-electron chi connectivity index (χ0n) is 26.7. The number of nitrogens with zero attached hydrogens (tertiary/aromatic N) is 1. The molecular weight excluding hydrogens is 621 g/mol. The first-order valence-electron chi connectivity index (χ1n) is 15.9. The number of carbonyl (C=O) groups excluding carboxylic acids is 3. The number of anilines is 1. The lowest BCUT2D eigenvalue weighted by atomic mass is 9.88. The maximum atomic E-state index is 13.3. The second-order valence-corrected chi connectivity index (χ2v) is 11.7. The van der Waals surface area contributed by atoms with Gasteiger partial charge in [0.2, 0.25) is 0 Å². The van der Waals surface area contributed by atoms with Crippen molar-refractivity contribution in [1.82, 2.24) is 4.90 Å². The Labute approximate surface area is 277 Å². The van der Waals surface area contributed by atoms with Crippen molar-refractivity contribution < 1.29 is 37.0 Å². The third-order valence-electron chi connectivity index (χ3n) is 8.48. The van der Waals surface area contributed by atoms with E-state index in [1.165, 1.54) is 19.1 Å². The molecule has 1 aliphatic rings. The molecule has 48 heavy (non-hydrogen) atoms. The molecule has 0 radical (unpaired) electrons. The van der Waals surface area contributed by atoms with Gasteiger partial charge in [0.05, 0.1) is 12.2 Å². The first-order chi connectivity index (χ1) is 23.0. The summed E-state index contributed by atoms with van der Waals surface area (Å²) < 4.78 is 49.7. The van der Waals surface area contributed by atoms with Crippen molar-refractivity contribution in [1.29, 1.82) is 0 Å². The number of piperidine rings is 1. The van der Waals surface area contributed by atoms with Crippen molar-refractivity contribution in [3.63, 3.8) is 0 Å². The van der Waals surface area contributed by atoms with Crippen LogP contribution in [0.25, 0.3) is 11.1 Å². The lowest BCUT2D eigenvalue weighted by Gasteiger charge is -2.37. The summed E-state index contributed by atoms with van der Waals surface area (Å²) >= 11 is 0. The third kappa shape index (κ3) is 8.30. The van der Waals surface area contributed by atoms with Crippen LogP contribution in [-0.2, 0) is 25.2 Å². The summed E-state index contributed by atoms with van der Waals surface area (Å²) in [7, 11) is 0. The fourth-order valence-corrected chi connectivity index (χ4v) is 5.98. The highest BCUT2D eigenvalue weighted by molar-refractivity contribution is 6.08. The zero-order valence-corrected chi connectivity index (χ0v) is 26.7. The Bertz CT molecular complexity index is 1700. The zero-order chi connectivity index (χ0) is 34.3. The van der Waals surface area contributed by atoms with Gasteiger partial charge in [0, 0.05) is 11.3 Å². The molecule has 0 aliphatic carbocycles. The molecular formula is C38H37F3N2O5. The van der Waals surface area contributed by atoms with Crippen molar-refractivity contribution in [3.8, 4) is 11.1 Å². The Kier molecular flexibility index (Phi) is 11.0. The highest BCUT2D eigenvalue weighted by atomic mass is 19.4. The summed E-state index contributed by atoms with van der Waals surface area (Å²) in [6.45, 7) is 4.67. The SMILES string of the molecule is CCOC(=O)C(C)OC(=O)C(c1ccccc1)N1CCC(c2ccc(NC(=O)c3ccccc3-c3ccc(C(F)(F)F)cc3)cc2)CC1. The van der Waals surface area contributed by atoms with Crippen molar-refractivity contribution in [2.75, 3.05) is 25.0 Å². The molecule has 1 amide bonds. The number of amides is 1. The Balaban J connectivity index is 1.22. The van der Waals surface area contributed by atoms with Crippen LogP contribution in [0.3, 0.4) is 0 Å². The van der Waals surface area contributed by atoms with Gasteiger partial charge >= 0.3 is 18.1 Å². The number of carbonyl (C=O) groups is 3. The van der Waals surface area contributed by atoms with Crippen LogP contribution in [0.15, 0.2) is 103 Å². The van der Waals surface area contributed by atoms with Crippen LogP contribution in [0.5, 0.6) is 0 Å². The van der Waals surface area contributed by atoms with Gasteiger partial charge in [0.1, 0.15) is 6.04 Å². The minimum atomic E-state index is -4.44. The fraction of sp³-hybridized carbons (Fsp3) is 0.289. The van der Waals surface area contributed by atoms with E-state index in [1.54, 1.807) is 31.2 Å². The second kappa shape index (κ2) is 15.3. The number of benzene rings is 4. The van der Waals surface area contributed by atoms with Crippen LogP contribution < -0.4 is 5.32 Å². The molecule has 0 saturated carbocycles. The lowest BCUT2D eigenvalue weighted by Crippen LogP contribution is -2.42. The Morgan fingerprint density at radius 3 is 2.08 bits per heavy atom. The average molecular weight is 659 g/mol. The molecule has 1 fully saturated rings. The van der Waals surface area contributed by atoms with Crippen LogP contribution >= 0.6 is 0 Å². The van der Waals surface area contributed by atoms with E-state index in [-0.39, 0.29) is 18.4 Å². The highest BCUT2D eigenvalue weighted by Crippen LogP contribution is 2.35. The van der Waals surface area contributed by atoms with E-state index in [0.29, 0.717) is 35.5 Å². The monoisotopic (exact) mass is 658 g/mol. The van der Waals surface area contributed by atoms with E-state index in [9.17, 15) is 27.6 Å². The first-order valence-corrected chi connectivity index (χ1v) is 15.9. The van der Waals surface area contributed by atoms with E-state index in [1.807, 2.05) is 54.6 Å². The van der Waals surface area contributed by atoms with Gasteiger partial charge in [-0.3, -0.25) is 9.69 Å². The molecule has 5 rings (SSSR count). The maximum absolute atomic E-state index is 13.3. The van der Waals surface area contributed by atoms with Crippen molar-refractivity contribution in [2.45, 2.75) is 50.9 Å². The molecule has 0 aromatic heterocycles. The predicted octanol–water partition coefficient (Wildman–Crippen LogP) is 8.04. The molecule has 250 valence electrons. The standard InChI is InChI=1S/C38H37F3N2O5/c1-3-47-36(45)25(2)48-37(46)34(29-9-5-4-6-10-29)43-23-21-27(22-24-43)26-15-19-31(20-16-26)42-35(44)33-12-8-7-11-32(33)28-13-17-30(18-14-28)38(39,40)41/h4-20,25,27,34H,3,21-24H2,1-2H3,(H,42,44). The quantitative estimate of drug-likeness (QED) is 0.174. The molecule has 0 bridgehead atoms. The van der Waals surface area contributed by atoms with Crippen LogP contribution in [0.1, 0.15) is 65.7 Å². The van der Waals surface area contributed by atoms with E-state index in [0.717, 1.165) is 36.1 Å². The molecule has 1 saturated heterocycles. The molecule has 7 nitrogen and oxygen atoms in total. The second-order valence-electron chi connectivity index (χ2n) is 11.7. The molecule has 0 spiro atoms. The Morgan fingerprint density at radius 1 is 0.833 bits per heavy atom. The van der Waals surface area contributed by atoms with Crippen molar-refractivity contribution >= 4 is 23.5 Å². The molecule has 1 heterocycles. The Hall–Kier alpha value is -4.96. The summed E-state index contributed by atoms with van der Waals surface area (Å²) in [6, 6.07) is 27.9. The number of hydrogen-bond acceptors (Lipinski definition) is 6. The van der Waals surface area contributed by atoms with Crippen LogP contribution in [0.4, 0.5) is 18.9 Å². The number of alkyl halides is 3. The van der Waals surface area contributed by atoms with Crippen molar-refractivity contribution in [3.05, 3.63) is 125 Å². The largest absolute Gasteiger partial charge is 0.463 e. The number of ether oxygens (including phenoxy) is 2. The summed E-state index contributed by atoms with van der Waals surface area (Å²) in [5, 5.41) is 2.91. The third-order valence-corrected chi connectivity index (χ3v) is 8.48. The summed E-state index contributed by atoms with van der Waals surface area (Å²) in [5.74, 6) is -1.22. The predicted molar refractivity (Wildman–Crippen MR) is 176 cm³/mol. The van der Waals surface area contributed by atoms with E-state index in [4.69, 9.17) is 9.47 Å². The number of nitrogens with one attached hydrogen (secondary N) is 1. The van der Waals surface area contributed by atoms with Gasteiger partial charge < -0.3 is 14.8 Å². The van der Waals surface area contributed by atoms with Gasteiger partial charge in [-0.15, -0.1) is 0 Å². The number of rotatable bonds is 10. The summed E-state index contributed by atoms with van der Waals surface area (Å²) in [5.41, 5.74) is 3.11. The van der Waals surface area contributed by atoms with E-state index in [2.05, 4.69) is 10.2 Å². The fourth-order valence-electron chi connectivity index (χ4n) is 5.98. The first kappa shape index (κ1) is 34.4. The molecule has 4 aromatic carbocycles. The average Bonchev–Trinajstić information content (AvgIpc) is 3.09. The topological polar surface area (TPSA) is 84.9 Å². The number of likely N-dealkylation sites (tertiary alicyclic amines) is 1. The lowest BCUT2D eigenvalue weighted by molar-refractivity contribution is -0.170. The van der Waals surface area contributed by atoms with Gasteiger partial charge in [-0.25, -0.2) is 9.59 Å². The Morgan fingerprint density at radius 2 is 1.46 bits per heavy atom. The normalized spacial score (nSPS) is 15.3. The van der Waals surface area contributed by atoms with Gasteiger partial charge in [-0.2, -0.15) is 13.2 Å². The van der Waals surface area contributed by atoms with Crippen LogP contribution in [0.2, 0.25) is 0 Å². The highest BCUT2D eigenvalue weighted by Gasteiger charge is 2.35. The van der Waals surface area contributed by atoms with Crippen LogP contribution in [-0.4, -0.2) is 48.5 Å². The minimum absolute atomic E-state index is 0.198. The van der Waals surface area contributed by atoms with Gasteiger partial charge in [-0.1, -0.05) is 72.8 Å². The molecule has 1 N–H and O–H groups in total. The van der Waals surface area contributed by atoms with Gasteiger partial charge in [0.15, 0.2) is 6.10 Å². The minimum Gasteiger partial charge on any atom is -0.463 e. The molecule has 4 aromatic rings. The summed E-state index contributed by atoms with van der Waals surface area (Å²) in [4.78, 5) is 40.8. The van der Waals surface area contributed by atoms with E-state index >= 15 is 0 Å². The number of halogens is 3. The molecule has 10 heteroatoms. The van der Waals surface area contributed by atoms with Gasteiger partial charge in [0.25, 0.3) is 5.91 Å². The smallest absolute Gasteiger partial charge is 0.416 e. The summed E-state index contributed by atoms with van der Waals surface area (Å²) in [6.07, 6.45) is -3.88. The van der Waals surface area contributed by atoms with Gasteiger partial charge in [-0.05, 0) is 98.3 Å². The number of hydrogen-bond donors (Lipinski definition) is 1. The maximum Gasteiger partial charge on any atom is 0.416 e. The van der Waals surface area contributed by atoms with Crippen LogP contribution in [0, 0.1) is 0 Å². The van der Waals surface area contributed by atoms with Crippen molar-refractivity contribution in [2.24, 2.45) is 0 Å². The molecule has 2 atom stereocenters. The molecule has 1 aliphatic heterocycles. The van der Waals surface area contributed by atoms with E-state index < -0.39 is 35.8 Å².